The van der Waals surface area contributed by atoms with Gasteiger partial charge in [-0.05, 0) is 13.3 Å². The molecule has 1 aromatic rings. The van der Waals surface area contributed by atoms with Gasteiger partial charge in [-0.15, -0.1) is 12.4 Å². The highest BCUT2D eigenvalue weighted by Gasteiger charge is 2.14. The summed E-state index contributed by atoms with van der Waals surface area (Å²) in [5.74, 6) is 1.46. The van der Waals surface area contributed by atoms with Crippen LogP contribution >= 0.6 is 12.4 Å². The molecular weight excluding hydrogens is 296 g/mol. The summed E-state index contributed by atoms with van der Waals surface area (Å²) in [5.41, 5.74) is 6.17. The third-order valence-corrected chi connectivity index (χ3v) is 2.81. The fraction of sp³-hybridized carbons (Fsp3) is 0.500. The first kappa shape index (κ1) is 19.3. The van der Waals surface area contributed by atoms with Gasteiger partial charge < -0.3 is 25.3 Å². The Balaban J connectivity index is 0.00000400. The summed E-state index contributed by atoms with van der Waals surface area (Å²) >= 11 is 0. The van der Waals surface area contributed by atoms with Crippen LogP contribution in [0.5, 0.6) is 17.2 Å². The van der Waals surface area contributed by atoms with Gasteiger partial charge in [-0.1, -0.05) is 0 Å². The molecule has 0 aliphatic rings. The molecule has 3 N–H and O–H groups in total. The number of nitrogens with two attached hydrogens (primary N) is 1. The Hall–Kier alpha value is -1.66. The molecule has 6 nitrogen and oxygen atoms in total. The minimum atomic E-state index is -0.118. The topological polar surface area (TPSA) is 82.8 Å². The highest BCUT2D eigenvalue weighted by atomic mass is 35.5. The maximum atomic E-state index is 11.8. The highest BCUT2D eigenvalue weighted by Crippen LogP contribution is 2.37. The highest BCUT2D eigenvalue weighted by molar-refractivity contribution is 5.92. The van der Waals surface area contributed by atoms with Crippen molar-refractivity contribution < 1.29 is 19.0 Å². The Morgan fingerprint density at radius 1 is 1.14 bits per heavy atom. The number of rotatable bonds is 7. The second-order valence-corrected chi connectivity index (χ2v) is 4.47. The van der Waals surface area contributed by atoms with Crippen LogP contribution in [-0.2, 0) is 4.79 Å². The van der Waals surface area contributed by atoms with E-state index in [-0.39, 0.29) is 24.4 Å². The van der Waals surface area contributed by atoms with Crippen molar-refractivity contribution in [2.45, 2.75) is 25.8 Å². The molecular formula is C14H23ClN2O4. The molecule has 7 heteroatoms. The summed E-state index contributed by atoms with van der Waals surface area (Å²) in [4.78, 5) is 11.8. The molecule has 0 spiro atoms. The van der Waals surface area contributed by atoms with Gasteiger partial charge in [-0.3, -0.25) is 4.79 Å². The van der Waals surface area contributed by atoms with Gasteiger partial charge in [-0.2, -0.15) is 0 Å². The summed E-state index contributed by atoms with van der Waals surface area (Å²) in [7, 11) is 4.60. The minimum Gasteiger partial charge on any atom is -0.494 e. The van der Waals surface area contributed by atoms with Crippen molar-refractivity contribution >= 4 is 24.0 Å². The van der Waals surface area contributed by atoms with E-state index in [1.165, 1.54) is 21.3 Å². The van der Waals surface area contributed by atoms with Crippen LogP contribution in [0.3, 0.4) is 0 Å². The van der Waals surface area contributed by atoms with Crippen LogP contribution in [-0.4, -0.2) is 33.3 Å². The van der Waals surface area contributed by atoms with Crippen LogP contribution in [0.2, 0.25) is 0 Å². The molecule has 0 bridgehead atoms. The first-order valence-corrected chi connectivity index (χ1v) is 6.37. The van der Waals surface area contributed by atoms with E-state index in [1.54, 1.807) is 12.1 Å². The van der Waals surface area contributed by atoms with Gasteiger partial charge in [0.25, 0.3) is 0 Å². The SMILES string of the molecule is COc1cc(OC)c(OC)cc1NC(=O)CCC(C)N.Cl. The number of anilines is 1. The summed E-state index contributed by atoms with van der Waals surface area (Å²) in [6.45, 7) is 1.87. The monoisotopic (exact) mass is 318 g/mol. The lowest BCUT2D eigenvalue weighted by atomic mass is 10.2. The molecule has 1 amide bonds. The Bertz CT molecular complexity index is 467. The van der Waals surface area contributed by atoms with Crippen LogP contribution in [0.1, 0.15) is 19.8 Å². The summed E-state index contributed by atoms with van der Waals surface area (Å²) in [6, 6.07) is 3.33. The van der Waals surface area contributed by atoms with Crippen molar-refractivity contribution in [2.75, 3.05) is 26.6 Å². The molecule has 1 unspecified atom stereocenters. The van der Waals surface area contributed by atoms with Gasteiger partial charge in [0.15, 0.2) is 11.5 Å². The lowest BCUT2D eigenvalue weighted by Gasteiger charge is -2.15. The third-order valence-electron chi connectivity index (χ3n) is 2.81. The molecule has 0 aliphatic heterocycles. The molecule has 0 heterocycles. The lowest BCUT2D eigenvalue weighted by molar-refractivity contribution is -0.116. The van der Waals surface area contributed by atoms with E-state index in [0.717, 1.165) is 0 Å². The van der Waals surface area contributed by atoms with E-state index in [4.69, 9.17) is 19.9 Å². The number of carbonyl (C=O) groups excluding carboxylic acids is 1. The maximum Gasteiger partial charge on any atom is 0.224 e. The van der Waals surface area contributed by atoms with Crippen molar-refractivity contribution in [3.63, 3.8) is 0 Å². The zero-order valence-corrected chi connectivity index (χ0v) is 13.6. The molecule has 1 atom stereocenters. The van der Waals surface area contributed by atoms with E-state index in [1.807, 2.05) is 6.92 Å². The molecule has 0 radical (unpaired) electrons. The number of amides is 1. The van der Waals surface area contributed by atoms with Gasteiger partial charge in [0.05, 0.1) is 27.0 Å². The maximum absolute atomic E-state index is 11.8. The lowest BCUT2D eigenvalue weighted by Crippen LogP contribution is -2.19. The summed E-state index contributed by atoms with van der Waals surface area (Å²) in [5, 5.41) is 2.79. The van der Waals surface area contributed by atoms with Crippen molar-refractivity contribution in [1.29, 1.82) is 0 Å². The Morgan fingerprint density at radius 3 is 2.14 bits per heavy atom. The van der Waals surface area contributed by atoms with E-state index in [0.29, 0.717) is 35.8 Å². The second kappa shape index (κ2) is 9.31. The predicted octanol–water partition coefficient (Wildman–Crippen LogP) is 2.20. The fourth-order valence-corrected chi connectivity index (χ4v) is 1.70. The van der Waals surface area contributed by atoms with Crippen molar-refractivity contribution in [3.8, 4) is 17.2 Å². The van der Waals surface area contributed by atoms with Gasteiger partial charge >= 0.3 is 0 Å². The van der Waals surface area contributed by atoms with Crippen LogP contribution in [0.4, 0.5) is 5.69 Å². The predicted molar refractivity (Wildman–Crippen MR) is 84.9 cm³/mol. The van der Waals surface area contributed by atoms with Gasteiger partial charge in [0, 0.05) is 24.6 Å². The number of nitrogens with one attached hydrogen (secondary N) is 1. The van der Waals surface area contributed by atoms with Crippen LogP contribution < -0.4 is 25.3 Å². The zero-order valence-electron chi connectivity index (χ0n) is 12.8. The Kier molecular flexibility index (Phi) is 8.57. The molecule has 0 fully saturated rings. The number of hydrogen-bond donors (Lipinski definition) is 2. The number of benzene rings is 1. The smallest absolute Gasteiger partial charge is 0.224 e. The molecule has 0 aromatic heterocycles. The molecule has 120 valence electrons. The third kappa shape index (κ3) is 5.69. The summed E-state index contributed by atoms with van der Waals surface area (Å²) in [6.07, 6.45) is 0.983. The molecule has 1 rings (SSSR count). The molecule has 0 saturated carbocycles. The number of carbonyl (C=O) groups is 1. The summed E-state index contributed by atoms with van der Waals surface area (Å²) < 4.78 is 15.6. The average molecular weight is 319 g/mol. The first-order valence-electron chi connectivity index (χ1n) is 6.37. The van der Waals surface area contributed by atoms with Crippen molar-refractivity contribution in [2.24, 2.45) is 5.73 Å². The normalized spacial score (nSPS) is 11.1. The number of hydrogen-bond acceptors (Lipinski definition) is 5. The van der Waals surface area contributed by atoms with Crippen molar-refractivity contribution in [1.82, 2.24) is 0 Å². The Labute approximate surface area is 131 Å². The first-order chi connectivity index (χ1) is 9.51. The standard InChI is InChI=1S/C14H22N2O4.ClH/c1-9(15)5-6-14(17)16-10-7-12(19-3)13(20-4)8-11(10)18-2;/h7-9H,5-6,15H2,1-4H3,(H,16,17);1H. The largest absolute Gasteiger partial charge is 0.494 e. The van der Waals surface area contributed by atoms with E-state index in [2.05, 4.69) is 5.32 Å². The van der Waals surface area contributed by atoms with E-state index >= 15 is 0 Å². The number of methoxy groups -OCH3 is 3. The van der Waals surface area contributed by atoms with Crippen LogP contribution in [0.15, 0.2) is 12.1 Å². The van der Waals surface area contributed by atoms with E-state index in [9.17, 15) is 4.79 Å². The molecule has 0 saturated heterocycles. The number of ether oxygens (including phenoxy) is 3. The fourth-order valence-electron chi connectivity index (χ4n) is 1.70. The average Bonchev–Trinajstić information content (AvgIpc) is 2.44. The minimum absolute atomic E-state index is 0. The quantitative estimate of drug-likeness (QED) is 0.805. The van der Waals surface area contributed by atoms with Crippen molar-refractivity contribution in [3.05, 3.63) is 12.1 Å². The molecule has 21 heavy (non-hydrogen) atoms. The molecule has 0 aliphatic carbocycles. The van der Waals surface area contributed by atoms with Gasteiger partial charge in [0.1, 0.15) is 5.75 Å². The van der Waals surface area contributed by atoms with Crippen LogP contribution in [0.25, 0.3) is 0 Å². The van der Waals surface area contributed by atoms with Gasteiger partial charge in [0.2, 0.25) is 5.91 Å². The zero-order chi connectivity index (χ0) is 15.1. The van der Waals surface area contributed by atoms with Gasteiger partial charge in [-0.25, -0.2) is 0 Å². The van der Waals surface area contributed by atoms with E-state index < -0.39 is 0 Å². The number of halogens is 1. The molecule has 1 aromatic carbocycles. The van der Waals surface area contributed by atoms with Crippen LogP contribution in [0, 0.1) is 0 Å². The Morgan fingerprint density at radius 2 is 1.67 bits per heavy atom. The second-order valence-electron chi connectivity index (χ2n) is 4.47.